The van der Waals surface area contributed by atoms with Crippen LogP contribution in [-0.4, -0.2) is 36.1 Å². The normalized spacial score (nSPS) is 23.3. The third-order valence-electron chi connectivity index (χ3n) is 4.54. The Morgan fingerprint density at radius 3 is 2.58 bits per heavy atom. The molecule has 3 aliphatic rings. The summed E-state index contributed by atoms with van der Waals surface area (Å²) in [6, 6.07) is 0. The lowest BCUT2D eigenvalue weighted by atomic mass is 9.95. The van der Waals surface area contributed by atoms with Crippen LogP contribution in [0.25, 0.3) is 0 Å². The average molecular weight is 258 g/mol. The molecular weight excluding hydrogens is 236 g/mol. The van der Waals surface area contributed by atoms with E-state index in [1.165, 1.54) is 49.2 Å². The molecule has 0 aromatic carbocycles. The third-order valence-corrected chi connectivity index (χ3v) is 4.54. The van der Waals surface area contributed by atoms with E-state index in [0.29, 0.717) is 5.92 Å². The molecule has 1 aromatic heterocycles. The lowest BCUT2D eigenvalue weighted by Gasteiger charge is -2.32. The third kappa shape index (κ3) is 2.22. The minimum atomic E-state index is 0.661. The Labute approximate surface area is 114 Å². The molecule has 0 radical (unpaired) electrons. The van der Waals surface area contributed by atoms with Gasteiger partial charge in [0.25, 0.3) is 0 Å². The van der Waals surface area contributed by atoms with Crippen LogP contribution >= 0.6 is 0 Å². The van der Waals surface area contributed by atoms with Crippen LogP contribution in [0.15, 0.2) is 0 Å². The Hall–Kier alpha value is -1.16. The maximum Gasteiger partial charge on any atom is 0.135 e. The van der Waals surface area contributed by atoms with Gasteiger partial charge in [-0.3, -0.25) is 0 Å². The van der Waals surface area contributed by atoms with Gasteiger partial charge in [0.05, 0.1) is 0 Å². The van der Waals surface area contributed by atoms with Crippen LogP contribution in [-0.2, 0) is 12.8 Å². The number of piperazine rings is 1. The standard InChI is InChI=1S/C15H22N4/c1-2-4-13-12(3-1)15(19-9-7-16-8-10-19)18-14(17-13)11-5-6-11/h11,16H,1-10H2. The smallest absolute Gasteiger partial charge is 0.135 e. The first-order valence-corrected chi connectivity index (χ1v) is 7.77. The van der Waals surface area contributed by atoms with E-state index in [1.807, 2.05) is 0 Å². The first-order valence-electron chi connectivity index (χ1n) is 7.77. The van der Waals surface area contributed by atoms with E-state index < -0.39 is 0 Å². The Bertz CT molecular complexity index is 475. The minimum absolute atomic E-state index is 0.661. The second-order valence-electron chi connectivity index (χ2n) is 6.05. The van der Waals surface area contributed by atoms with Crippen LogP contribution in [0.4, 0.5) is 5.82 Å². The fourth-order valence-electron chi connectivity index (χ4n) is 3.26. The Balaban J connectivity index is 1.75. The van der Waals surface area contributed by atoms with E-state index in [9.17, 15) is 0 Å². The maximum atomic E-state index is 4.96. The van der Waals surface area contributed by atoms with Gasteiger partial charge in [-0.15, -0.1) is 0 Å². The molecular formula is C15H22N4. The summed E-state index contributed by atoms with van der Waals surface area (Å²) >= 11 is 0. The van der Waals surface area contributed by atoms with E-state index in [4.69, 9.17) is 9.97 Å². The van der Waals surface area contributed by atoms with Crippen molar-refractivity contribution < 1.29 is 0 Å². The molecule has 19 heavy (non-hydrogen) atoms. The molecule has 1 N–H and O–H groups in total. The Kier molecular flexibility index (Phi) is 2.91. The molecule has 2 aliphatic carbocycles. The number of rotatable bonds is 2. The molecule has 0 amide bonds. The fraction of sp³-hybridized carbons (Fsp3) is 0.733. The molecule has 1 saturated heterocycles. The van der Waals surface area contributed by atoms with Crippen LogP contribution in [0.2, 0.25) is 0 Å². The lowest BCUT2D eigenvalue weighted by molar-refractivity contribution is 0.574. The van der Waals surface area contributed by atoms with Crippen LogP contribution in [0.1, 0.15) is 48.7 Å². The number of fused-ring (bicyclic) bond motifs is 1. The summed E-state index contributed by atoms with van der Waals surface area (Å²) in [5.74, 6) is 3.07. The summed E-state index contributed by atoms with van der Waals surface area (Å²) in [6.07, 6.45) is 7.53. The molecule has 0 atom stereocenters. The van der Waals surface area contributed by atoms with Gasteiger partial charge >= 0.3 is 0 Å². The first-order chi connectivity index (χ1) is 9.42. The van der Waals surface area contributed by atoms with E-state index in [-0.39, 0.29) is 0 Å². The van der Waals surface area contributed by atoms with Gasteiger partial charge in [0.1, 0.15) is 11.6 Å². The monoisotopic (exact) mass is 258 g/mol. The van der Waals surface area contributed by atoms with Crippen molar-refractivity contribution >= 4 is 5.82 Å². The zero-order valence-corrected chi connectivity index (χ0v) is 11.5. The summed E-state index contributed by atoms with van der Waals surface area (Å²) in [5.41, 5.74) is 2.81. The van der Waals surface area contributed by atoms with Gasteiger partial charge < -0.3 is 10.2 Å². The van der Waals surface area contributed by atoms with E-state index >= 15 is 0 Å². The van der Waals surface area contributed by atoms with Crippen LogP contribution in [0.5, 0.6) is 0 Å². The topological polar surface area (TPSA) is 41.1 Å². The quantitative estimate of drug-likeness (QED) is 0.875. The summed E-state index contributed by atoms with van der Waals surface area (Å²) in [4.78, 5) is 12.3. The molecule has 0 spiro atoms. The van der Waals surface area contributed by atoms with Crippen LogP contribution in [0, 0.1) is 0 Å². The Morgan fingerprint density at radius 1 is 1.00 bits per heavy atom. The molecule has 102 valence electrons. The molecule has 4 rings (SSSR count). The zero-order chi connectivity index (χ0) is 12.7. The molecule has 0 unspecified atom stereocenters. The summed E-state index contributed by atoms with van der Waals surface area (Å²) < 4.78 is 0. The molecule has 4 nitrogen and oxygen atoms in total. The fourth-order valence-corrected chi connectivity index (χ4v) is 3.26. The van der Waals surface area contributed by atoms with Crippen molar-refractivity contribution in [3.8, 4) is 0 Å². The van der Waals surface area contributed by atoms with E-state index in [2.05, 4.69) is 10.2 Å². The van der Waals surface area contributed by atoms with Gasteiger partial charge in [0.2, 0.25) is 0 Å². The second-order valence-corrected chi connectivity index (χ2v) is 6.05. The van der Waals surface area contributed by atoms with Crippen molar-refractivity contribution in [1.29, 1.82) is 0 Å². The van der Waals surface area contributed by atoms with Crippen molar-refractivity contribution in [3.05, 3.63) is 17.1 Å². The van der Waals surface area contributed by atoms with Crippen molar-refractivity contribution in [2.24, 2.45) is 0 Å². The molecule has 1 aromatic rings. The van der Waals surface area contributed by atoms with Gasteiger partial charge in [-0.2, -0.15) is 0 Å². The predicted octanol–water partition coefficient (Wildman–Crippen LogP) is 1.64. The number of hydrogen-bond donors (Lipinski definition) is 1. The van der Waals surface area contributed by atoms with Crippen molar-refractivity contribution in [1.82, 2.24) is 15.3 Å². The highest BCUT2D eigenvalue weighted by Crippen LogP contribution is 2.40. The SMILES string of the molecule is C1CCc2c(nc(C3CC3)nc2N2CCNCC2)C1. The highest BCUT2D eigenvalue weighted by atomic mass is 15.2. The number of aromatic nitrogens is 2. The van der Waals surface area contributed by atoms with Gasteiger partial charge in [-0.1, -0.05) is 0 Å². The minimum Gasteiger partial charge on any atom is -0.354 e. The highest BCUT2D eigenvalue weighted by molar-refractivity contribution is 5.51. The van der Waals surface area contributed by atoms with Gasteiger partial charge in [-0.05, 0) is 38.5 Å². The highest BCUT2D eigenvalue weighted by Gasteiger charge is 2.30. The first kappa shape index (κ1) is 11.6. The number of anilines is 1. The van der Waals surface area contributed by atoms with Gasteiger partial charge in [-0.25, -0.2) is 9.97 Å². The Morgan fingerprint density at radius 2 is 1.79 bits per heavy atom. The van der Waals surface area contributed by atoms with Crippen molar-refractivity contribution in [2.75, 3.05) is 31.1 Å². The van der Waals surface area contributed by atoms with E-state index in [0.717, 1.165) is 38.4 Å². The number of nitrogens with zero attached hydrogens (tertiary/aromatic N) is 3. The number of hydrogen-bond acceptors (Lipinski definition) is 4. The van der Waals surface area contributed by atoms with Crippen molar-refractivity contribution in [3.63, 3.8) is 0 Å². The van der Waals surface area contributed by atoms with Crippen LogP contribution < -0.4 is 10.2 Å². The van der Waals surface area contributed by atoms with Crippen molar-refractivity contribution in [2.45, 2.75) is 44.4 Å². The molecule has 0 bridgehead atoms. The molecule has 2 heterocycles. The zero-order valence-electron chi connectivity index (χ0n) is 11.5. The maximum absolute atomic E-state index is 4.96. The summed E-state index contributed by atoms with van der Waals surface area (Å²) in [7, 11) is 0. The number of aryl methyl sites for hydroxylation is 1. The lowest BCUT2D eigenvalue weighted by Crippen LogP contribution is -2.44. The predicted molar refractivity (Wildman–Crippen MR) is 75.7 cm³/mol. The molecule has 1 aliphatic heterocycles. The second kappa shape index (κ2) is 4.75. The molecule has 1 saturated carbocycles. The largest absolute Gasteiger partial charge is 0.354 e. The molecule has 2 fully saturated rings. The number of nitrogens with one attached hydrogen (secondary N) is 1. The summed E-state index contributed by atoms with van der Waals surface area (Å²) in [6.45, 7) is 4.34. The van der Waals surface area contributed by atoms with Crippen LogP contribution in [0.3, 0.4) is 0 Å². The van der Waals surface area contributed by atoms with Gasteiger partial charge in [0, 0.05) is 43.4 Å². The average Bonchev–Trinajstić information content (AvgIpc) is 3.32. The molecule has 4 heteroatoms. The van der Waals surface area contributed by atoms with Gasteiger partial charge in [0.15, 0.2) is 0 Å². The van der Waals surface area contributed by atoms with E-state index in [1.54, 1.807) is 0 Å². The summed E-state index contributed by atoms with van der Waals surface area (Å²) in [5, 5.41) is 3.43.